The fraction of sp³-hybridized carbons (Fsp3) is 0.611. The van der Waals surface area contributed by atoms with Gasteiger partial charge in [0.05, 0.1) is 25.8 Å². The number of hydrogen-bond donors (Lipinski definition) is 0. The number of hydrogen-bond acceptors (Lipinski definition) is 5. The lowest BCUT2D eigenvalue weighted by Crippen LogP contribution is -2.49. The lowest BCUT2D eigenvalue weighted by Gasteiger charge is -2.35. The zero-order valence-electron chi connectivity index (χ0n) is 15.5. The van der Waals surface area contributed by atoms with Crippen LogP contribution in [0.5, 0.6) is 0 Å². The maximum absolute atomic E-state index is 12.8. The molecule has 1 amide bonds. The van der Waals surface area contributed by atoms with Crippen molar-refractivity contribution in [2.75, 3.05) is 43.9 Å². The summed E-state index contributed by atoms with van der Waals surface area (Å²) in [5.74, 6) is 0.914. The van der Waals surface area contributed by atoms with Crippen molar-refractivity contribution < 1.29 is 32.5 Å². The Kier molecular flexibility index (Phi) is 6.36. The number of nitrogens with zero attached hydrogens (tertiary/aromatic N) is 2. The summed E-state index contributed by atoms with van der Waals surface area (Å²) in [7, 11) is 1.34. The van der Waals surface area contributed by atoms with Crippen LogP contribution < -0.4 is 9.88 Å². The van der Waals surface area contributed by atoms with Gasteiger partial charge in [-0.05, 0) is 18.9 Å². The lowest BCUT2D eigenvalue weighted by molar-refractivity contribution is -0.367. The second kappa shape index (κ2) is 8.59. The predicted octanol–water partition coefficient (Wildman–Crippen LogP) is 1.85. The zero-order chi connectivity index (χ0) is 20.3. The van der Waals surface area contributed by atoms with Crippen molar-refractivity contribution in [3.05, 3.63) is 23.9 Å². The molecule has 0 aromatic carbocycles. The van der Waals surface area contributed by atoms with Crippen LogP contribution in [-0.4, -0.2) is 61.1 Å². The first-order valence-corrected chi connectivity index (χ1v) is 10.2. The molecule has 6 nitrogen and oxygen atoms in total. The number of carbonyl (C=O) groups is 2. The Labute approximate surface area is 165 Å². The zero-order valence-corrected chi connectivity index (χ0v) is 16.3. The van der Waals surface area contributed by atoms with Crippen molar-refractivity contribution in [3.8, 4) is 0 Å². The van der Waals surface area contributed by atoms with Crippen LogP contribution in [0.15, 0.2) is 18.3 Å². The molecule has 3 rings (SSSR count). The molecule has 2 aliphatic heterocycles. The Hall–Kier alpha value is -1.97. The summed E-state index contributed by atoms with van der Waals surface area (Å²) < 4.78 is 42.8. The number of amides is 1. The Balaban J connectivity index is 1.55. The van der Waals surface area contributed by atoms with E-state index in [1.807, 2.05) is 4.90 Å². The summed E-state index contributed by atoms with van der Waals surface area (Å²) in [6.45, 7) is 2.15. The van der Waals surface area contributed by atoms with Crippen molar-refractivity contribution >= 4 is 29.5 Å². The van der Waals surface area contributed by atoms with E-state index >= 15 is 0 Å². The number of rotatable bonds is 3. The second-order valence-corrected chi connectivity index (χ2v) is 8.20. The summed E-state index contributed by atoms with van der Waals surface area (Å²) in [6.07, 6.45) is -2.16. The maximum atomic E-state index is 12.8. The lowest BCUT2D eigenvalue weighted by atomic mass is 9.95. The molecule has 1 aromatic heterocycles. The number of halogens is 3. The fourth-order valence-electron chi connectivity index (χ4n) is 3.54. The molecular formula is C18H23F3N3O3S+. The summed E-state index contributed by atoms with van der Waals surface area (Å²) in [5, 5.41) is -0.343. The number of H-pyrrole nitrogens is 1. The third-order valence-corrected chi connectivity index (χ3v) is 6.31. The second-order valence-electron chi connectivity index (χ2n) is 6.89. The van der Waals surface area contributed by atoms with Crippen molar-refractivity contribution in [1.82, 2.24) is 4.90 Å². The van der Waals surface area contributed by atoms with E-state index in [-0.39, 0.29) is 23.0 Å². The molecule has 2 fully saturated rings. The highest BCUT2D eigenvalue weighted by Crippen LogP contribution is 2.29. The molecule has 154 valence electrons. The van der Waals surface area contributed by atoms with E-state index in [1.54, 1.807) is 4.90 Å². The summed E-state index contributed by atoms with van der Waals surface area (Å²) in [6, 6.07) is 2.48. The van der Waals surface area contributed by atoms with E-state index in [9.17, 15) is 22.8 Å². The molecule has 1 atom stereocenters. The van der Waals surface area contributed by atoms with E-state index < -0.39 is 11.7 Å². The molecule has 0 spiro atoms. The van der Waals surface area contributed by atoms with Gasteiger partial charge in [-0.15, -0.1) is 11.8 Å². The minimum Gasteiger partial charge on any atom is -0.468 e. The Morgan fingerprint density at radius 2 is 1.93 bits per heavy atom. The first-order chi connectivity index (χ1) is 13.3. The van der Waals surface area contributed by atoms with Crippen molar-refractivity contribution in [2.45, 2.75) is 24.3 Å². The van der Waals surface area contributed by atoms with Crippen molar-refractivity contribution in [2.24, 2.45) is 5.92 Å². The number of piperidine rings is 1. The topological polar surface area (TPSA) is 64.0 Å². The molecule has 2 aliphatic rings. The highest BCUT2D eigenvalue weighted by atomic mass is 32.2. The SMILES string of the molecule is COC(=O)[C@@H]1CN(C(=O)C2CCN(c3ccc(C(F)(F)F)c[nH+]3)CC2)CCS1. The van der Waals surface area contributed by atoms with Crippen LogP contribution in [0, 0.1) is 5.92 Å². The standard InChI is InChI=1S/C18H22F3N3O3S/c1-27-17(26)14-11-24(8-9-28-14)16(25)12-4-6-23(7-5-12)15-3-2-13(10-22-15)18(19,20)21/h2-3,10,12,14H,4-9,11H2,1H3/p+1/t14-/m0/s1. The Morgan fingerprint density at radius 1 is 1.21 bits per heavy atom. The Morgan fingerprint density at radius 3 is 2.50 bits per heavy atom. The summed E-state index contributed by atoms with van der Waals surface area (Å²) in [5.41, 5.74) is -0.718. The number of anilines is 1. The smallest absolute Gasteiger partial charge is 0.419 e. The van der Waals surface area contributed by atoms with Gasteiger partial charge >= 0.3 is 12.1 Å². The average Bonchev–Trinajstić information content (AvgIpc) is 2.72. The third kappa shape index (κ3) is 4.71. The quantitative estimate of drug-likeness (QED) is 0.701. The van der Waals surface area contributed by atoms with Crippen LogP contribution in [0.3, 0.4) is 0 Å². The molecule has 0 aliphatic carbocycles. The number of methoxy groups -OCH3 is 1. The van der Waals surface area contributed by atoms with Crippen LogP contribution in [0.25, 0.3) is 0 Å². The van der Waals surface area contributed by atoms with Gasteiger partial charge in [-0.3, -0.25) is 14.5 Å². The third-order valence-electron chi connectivity index (χ3n) is 5.15. The maximum Gasteiger partial charge on any atom is 0.419 e. The molecule has 28 heavy (non-hydrogen) atoms. The van der Waals surface area contributed by atoms with Gasteiger partial charge in [0.1, 0.15) is 11.4 Å². The molecule has 0 bridgehead atoms. The molecule has 0 unspecified atom stereocenters. The highest BCUT2D eigenvalue weighted by molar-refractivity contribution is 8.00. The molecule has 1 aromatic rings. The van der Waals surface area contributed by atoms with Crippen LogP contribution in [0.2, 0.25) is 0 Å². The number of ether oxygens (including phenoxy) is 1. The number of thioether (sulfide) groups is 1. The fourth-order valence-corrected chi connectivity index (χ4v) is 4.67. The van der Waals surface area contributed by atoms with E-state index in [0.29, 0.717) is 50.6 Å². The number of nitrogens with one attached hydrogen (secondary N) is 1. The van der Waals surface area contributed by atoms with Gasteiger partial charge in [-0.1, -0.05) is 0 Å². The molecule has 0 saturated carbocycles. The van der Waals surface area contributed by atoms with Crippen molar-refractivity contribution in [1.29, 1.82) is 0 Å². The van der Waals surface area contributed by atoms with E-state index in [4.69, 9.17) is 4.74 Å². The van der Waals surface area contributed by atoms with Gasteiger partial charge in [-0.25, -0.2) is 4.98 Å². The van der Waals surface area contributed by atoms with Gasteiger partial charge < -0.3 is 9.64 Å². The van der Waals surface area contributed by atoms with Gasteiger partial charge in [0, 0.05) is 30.8 Å². The normalized spacial score (nSPS) is 21.5. The van der Waals surface area contributed by atoms with Crippen LogP contribution in [0.4, 0.5) is 19.0 Å². The van der Waals surface area contributed by atoms with Gasteiger partial charge in [0.2, 0.25) is 5.91 Å². The van der Waals surface area contributed by atoms with Crippen LogP contribution in [0.1, 0.15) is 18.4 Å². The van der Waals surface area contributed by atoms with Gasteiger partial charge in [0.15, 0.2) is 0 Å². The number of alkyl halides is 3. The highest BCUT2D eigenvalue weighted by Gasteiger charge is 2.36. The first kappa shape index (κ1) is 20.8. The monoisotopic (exact) mass is 418 g/mol. The minimum atomic E-state index is -4.37. The molecule has 10 heteroatoms. The number of aromatic nitrogens is 1. The molecular weight excluding hydrogens is 395 g/mol. The van der Waals surface area contributed by atoms with Gasteiger partial charge in [0.25, 0.3) is 5.82 Å². The summed E-state index contributed by atoms with van der Waals surface area (Å²) >= 11 is 1.50. The van der Waals surface area contributed by atoms with Crippen LogP contribution >= 0.6 is 11.8 Å². The number of aromatic amines is 1. The number of esters is 1. The average molecular weight is 418 g/mol. The number of pyridine rings is 1. The molecule has 3 heterocycles. The predicted molar refractivity (Wildman–Crippen MR) is 97.8 cm³/mol. The largest absolute Gasteiger partial charge is 0.468 e. The molecule has 0 radical (unpaired) electrons. The van der Waals surface area contributed by atoms with Crippen molar-refractivity contribution in [3.63, 3.8) is 0 Å². The van der Waals surface area contributed by atoms with Gasteiger partial charge in [-0.2, -0.15) is 13.2 Å². The first-order valence-electron chi connectivity index (χ1n) is 9.11. The van der Waals surface area contributed by atoms with Crippen LogP contribution in [-0.2, 0) is 20.5 Å². The Bertz CT molecular complexity index is 706. The number of carbonyl (C=O) groups excluding carboxylic acids is 2. The van der Waals surface area contributed by atoms with E-state index in [0.717, 1.165) is 12.3 Å². The van der Waals surface area contributed by atoms with E-state index in [2.05, 4.69) is 4.98 Å². The summed E-state index contributed by atoms with van der Waals surface area (Å²) in [4.78, 5) is 30.9. The van der Waals surface area contributed by atoms with E-state index in [1.165, 1.54) is 24.9 Å². The minimum absolute atomic E-state index is 0.0465. The molecule has 1 N–H and O–H groups in total. The molecule has 2 saturated heterocycles.